The van der Waals surface area contributed by atoms with Crippen LogP contribution in [-0.2, 0) is 9.59 Å². The van der Waals surface area contributed by atoms with Gasteiger partial charge in [0.2, 0.25) is 5.91 Å². The fourth-order valence-electron chi connectivity index (χ4n) is 2.07. The molecule has 2 aromatic carbocycles. The van der Waals surface area contributed by atoms with Crippen LogP contribution in [0.25, 0.3) is 0 Å². The molecule has 2 aromatic rings. The summed E-state index contributed by atoms with van der Waals surface area (Å²) in [5.74, 6) is -0.720. The lowest BCUT2D eigenvalue weighted by atomic mass is 10.2. The minimum atomic E-state index is -1.31. The first-order valence-electron chi connectivity index (χ1n) is 8.26. The lowest BCUT2D eigenvalue weighted by molar-refractivity contribution is -0.307. The molecule has 148 valence electrons. The number of amides is 1. The number of hydrogen-bond acceptors (Lipinski definition) is 6. The third-order valence-corrected chi connectivity index (χ3v) is 3.85. The standard InChI is InChI=1S/C19H18Cl2N2O5/c20-14-6-7-17(16(21)10-14)27-8-2-5-18(24)23-22-11-13-3-1-4-15(9-13)28-12-19(25)26/h1,3-4,6-7,9-11H,2,5,8,12H2,(H,23,24)(H,25,26)/p-1/b22-11-. The second-order valence-electron chi connectivity index (χ2n) is 5.55. The van der Waals surface area contributed by atoms with Crippen molar-refractivity contribution in [3.8, 4) is 11.5 Å². The third kappa shape index (κ3) is 7.85. The van der Waals surface area contributed by atoms with Crippen molar-refractivity contribution in [3.63, 3.8) is 0 Å². The average Bonchev–Trinajstić information content (AvgIpc) is 2.65. The van der Waals surface area contributed by atoms with Crippen LogP contribution in [0.3, 0.4) is 0 Å². The Labute approximate surface area is 171 Å². The number of carboxylic acids is 1. The van der Waals surface area contributed by atoms with Crippen molar-refractivity contribution in [2.45, 2.75) is 12.8 Å². The number of rotatable bonds is 10. The predicted molar refractivity (Wildman–Crippen MR) is 104 cm³/mol. The summed E-state index contributed by atoms with van der Waals surface area (Å²) in [6.45, 7) is -0.225. The zero-order valence-corrected chi connectivity index (χ0v) is 16.2. The van der Waals surface area contributed by atoms with Gasteiger partial charge in [-0.25, -0.2) is 5.43 Å². The number of hydrazone groups is 1. The van der Waals surface area contributed by atoms with Gasteiger partial charge in [0.1, 0.15) is 18.1 Å². The first kappa shape index (κ1) is 21.5. The molecule has 7 nitrogen and oxygen atoms in total. The first-order valence-corrected chi connectivity index (χ1v) is 9.02. The van der Waals surface area contributed by atoms with Crippen molar-refractivity contribution in [1.29, 1.82) is 0 Å². The molecule has 0 fully saturated rings. The number of halogens is 2. The van der Waals surface area contributed by atoms with E-state index < -0.39 is 12.6 Å². The molecule has 0 aliphatic carbocycles. The number of aliphatic carboxylic acids is 1. The van der Waals surface area contributed by atoms with Crippen molar-refractivity contribution in [2.24, 2.45) is 5.10 Å². The smallest absolute Gasteiger partial charge is 0.240 e. The Bertz CT molecular complexity index is 858. The number of nitrogens with zero attached hydrogens (tertiary/aromatic N) is 1. The highest BCUT2D eigenvalue weighted by molar-refractivity contribution is 6.35. The molecule has 0 bridgehead atoms. The molecule has 0 aliphatic rings. The maximum Gasteiger partial charge on any atom is 0.240 e. The van der Waals surface area contributed by atoms with Gasteiger partial charge in [-0.3, -0.25) is 4.79 Å². The van der Waals surface area contributed by atoms with Crippen molar-refractivity contribution in [1.82, 2.24) is 5.43 Å². The van der Waals surface area contributed by atoms with Gasteiger partial charge >= 0.3 is 0 Å². The fraction of sp³-hybridized carbons (Fsp3) is 0.211. The molecule has 0 aromatic heterocycles. The Kier molecular flexibility index (Phi) is 8.58. The van der Waals surface area contributed by atoms with Gasteiger partial charge in [0.05, 0.1) is 23.8 Å². The van der Waals surface area contributed by atoms with E-state index in [4.69, 9.17) is 32.7 Å². The van der Waals surface area contributed by atoms with Gasteiger partial charge < -0.3 is 19.4 Å². The molecule has 0 atom stereocenters. The van der Waals surface area contributed by atoms with Crippen LogP contribution < -0.4 is 20.0 Å². The number of benzene rings is 2. The van der Waals surface area contributed by atoms with Gasteiger partial charge in [-0.1, -0.05) is 35.3 Å². The number of ether oxygens (including phenoxy) is 2. The summed E-state index contributed by atoms with van der Waals surface area (Å²) in [5.41, 5.74) is 3.04. The van der Waals surface area contributed by atoms with Crippen LogP contribution in [0.2, 0.25) is 10.0 Å². The monoisotopic (exact) mass is 423 g/mol. The molecule has 0 aliphatic heterocycles. The molecular weight excluding hydrogens is 407 g/mol. The largest absolute Gasteiger partial charge is 0.546 e. The van der Waals surface area contributed by atoms with Gasteiger partial charge in [0.25, 0.3) is 0 Å². The van der Waals surface area contributed by atoms with E-state index in [0.717, 1.165) is 0 Å². The quantitative estimate of drug-likeness (QED) is 0.359. The van der Waals surface area contributed by atoms with E-state index in [2.05, 4.69) is 10.5 Å². The van der Waals surface area contributed by atoms with E-state index >= 15 is 0 Å². The number of carboxylic acid groups (broad SMARTS) is 1. The van der Waals surface area contributed by atoms with Crippen LogP contribution >= 0.6 is 23.2 Å². The highest BCUT2D eigenvalue weighted by atomic mass is 35.5. The molecule has 0 spiro atoms. The zero-order valence-electron chi connectivity index (χ0n) is 14.7. The summed E-state index contributed by atoms with van der Waals surface area (Å²) in [6.07, 6.45) is 2.12. The molecular formula is C19H17Cl2N2O5-. The molecule has 9 heteroatoms. The third-order valence-electron chi connectivity index (χ3n) is 3.32. The lowest BCUT2D eigenvalue weighted by Gasteiger charge is -2.08. The Morgan fingerprint density at radius 1 is 1.14 bits per heavy atom. The van der Waals surface area contributed by atoms with Crippen LogP contribution in [0.1, 0.15) is 18.4 Å². The van der Waals surface area contributed by atoms with Gasteiger partial charge in [0.15, 0.2) is 0 Å². The van der Waals surface area contributed by atoms with Gasteiger partial charge in [-0.15, -0.1) is 0 Å². The number of nitrogens with one attached hydrogen (secondary N) is 1. The van der Waals surface area contributed by atoms with E-state index in [1.54, 1.807) is 42.5 Å². The Morgan fingerprint density at radius 3 is 2.71 bits per heavy atom. The van der Waals surface area contributed by atoms with Crippen molar-refractivity contribution >= 4 is 41.3 Å². The molecule has 2 rings (SSSR count). The van der Waals surface area contributed by atoms with E-state index in [-0.39, 0.29) is 12.3 Å². The number of carbonyl (C=O) groups excluding carboxylic acids is 2. The topological polar surface area (TPSA) is 100 Å². The Morgan fingerprint density at radius 2 is 1.96 bits per heavy atom. The minimum absolute atomic E-state index is 0.220. The molecule has 0 unspecified atom stereocenters. The lowest BCUT2D eigenvalue weighted by Crippen LogP contribution is -2.28. The van der Waals surface area contributed by atoms with Crippen LogP contribution in [-0.4, -0.2) is 31.3 Å². The van der Waals surface area contributed by atoms with E-state index in [9.17, 15) is 14.7 Å². The first-order chi connectivity index (χ1) is 13.4. The molecule has 1 N–H and O–H groups in total. The molecule has 0 saturated heterocycles. The van der Waals surface area contributed by atoms with Gasteiger partial charge in [-0.05, 0) is 42.3 Å². The normalized spacial score (nSPS) is 10.6. The van der Waals surface area contributed by atoms with Crippen molar-refractivity contribution < 1.29 is 24.2 Å². The molecule has 0 radical (unpaired) electrons. The highest BCUT2D eigenvalue weighted by Crippen LogP contribution is 2.27. The summed E-state index contributed by atoms with van der Waals surface area (Å²) in [5, 5.41) is 15.2. The number of carbonyl (C=O) groups is 2. The molecule has 28 heavy (non-hydrogen) atoms. The maximum absolute atomic E-state index is 11.8. The maximum atomic E-state index is 11.8. The summed E-state index contributed by atoms with van der Waals surface area (Å²) >= 11 is 11.8. The fourth-order valence-corrected chi connectivity index (χ4v) is 2.53. The zero-order chi connectivity index (χ0) is 20.4. The summed E-state index contributed by atoms with van der Waals surface area (Å²) in [7, 11) is 0. The Balaban J connectivity index is 1.70. The van der Waals surface area contributed by atoms with Crippen molar-refractivity contribution in [3.05, 3.63) is 58.1 Å². The predicted octanol–water partition coefficient (Wildman–Crippen LogP) is 2.43. The van der Waals surface area contributed by atoms with Crippen LogP contribution in [0.4, 0.5) is 0 Å². The van der Waals surface area contributed by atoms with E-state index in [1.807, 2.05) is 0 Å². The second-order valence-corrected chi connectivity index (χ2v) is 6.40. The van der Waals surface area contributed by atoms with Gasteiger partial charge in [0, 0.05) is 11.4 Å². The average molecular weight is 424 g/mol. The van der Waals surface area contributed by atoms with Gasteiger partial charge in [-0.2, -0.15) is 5.10 Å². The molecule has 1 amide bonds. The summed E-state index contributed by atoms with van der Waals surface area (Å²) in [4.78, 5) is 22.2. The van der Waals surface area contributed by atoms with E-state index in [1.165, 1.54) is 6.21 Å². The minimum Gasteiger partial charge on any atom is -0.546 e. The van der Waals surface area contributed by atoms with E-state index in [0.29, 0.717) is 40.1 Å². The highest BCUT2D eigenvalue weighted by Gasteiger charge is 2.04. The van der Waals surface area contributed by atoms with Crippen LogP contribution in [0, 0.1) is 0 Å². The second kappa shape index (κ2) is 11.2. The number of hydrogen-bond donors (Lipinski definition) is 1. The van der Waals surface area contributed by atoms with Crippen LogP contribution in [0.15, 0.2) is 47.6 Å². The van der Waals surface area contributed by atoms with Crippen LogP contribution in [0.5, 0.6) is 11.5 Å². The van der Waals surface area contributed by atoms with Crippen molar-refractivity contribution in [2.75, 3.05) is 13.2 Å². The summed E-state index contributed by atoms with van der Waals surface area (Å²) in [6, 6.07) is 11.5. The molecule has 0 heterocycles. The molecule has 0 saturated carbocycles. The summed E-state index contributed by atoms with van der Waals surface area (Å²) < 4.78 is 10.5. The SMILES string of the molecule is O=C([O-])COc1cccc(/C=N\NC(=O)CCCOc2ccc(Cl)cc2Cl)c1. The Hall–Kier alpha value is -2.77.